The molecule has 0 atom stereocenters. The second-order valence-electron chi connectivity index (χ2n) is 5.36. The van der Waals surface area contributed by atoms with E-state index in [4.69, 9.17) is 10.5 Å². The molecule has 0 unspecified atom stereocenters. The van der Waals surface area contributed by atoms with E-state index in [-0.39, 0.29) is 16.8 Å². The molecule has 26 heavy (non-hydrogen) atoms. The third-order valence-electron chi connectivity index (χ3n) is 3.12. The zero-order valence-corrected chi connectivity index (χ0v) is 21.3. The Bertz CT molecular complexity index is 393. The second-order valence-corrected chi connectivity index (χ2v) is 8.25. The molecular weight excluding hydrogens is 449 g/mol. The molecule has 0 aromatic heterocycles. The van der Waals surface area contributed by atoms with Gasteiger partial charge in [-0.25, -0.2) is 0 Å². The fourth-order valence-electron chi connectivity index (χ4n) is 2.67. The Morgan fingerprint density at radius 3 is 1.00 bits per heavy atom. The van der Waals surface area contributed by atoms with E-state index in [0.29, 0.717) is 8.75 Å². The first-order valence-electron chi connectivity index (χ1n) is 8.43. The minimum absolute atomic E-state index is 0. The molecular formula is C16H36CoN5S4+7. The van der Waals surface area contributed by atoms with Gasteiger partial charge in [-0.1, -0.05) is 37.7 Å². The largest absolute Gasteiger partial charge is 2.00 e. The van der Waals surface area contributed by atoms with E-state index in [0.717, 1.165) is 0 Å². The van der Waals surface area contributed by atoms with E-state index < -0.39 is 0 Å². The molecule has 10 heteroatoms. The van der Waals surface area contributed by atoms with Gasteiger partial charge in [-0.05, 0) is 25.7 Å². The van der Waals surface area contributed by atoms with Crippen LogP contribution >= 0.6 is 0 Å². The molecule has 0 amide bonds. The van der Waals surface area contributed by atoms with Gasteiger partial charge >= 0.3 is 25.5 Å². The molecule has 151 valence electrons. The first-order valence-corrected chi connectivity index (χ1v) is 10.4. The summed E-state index contributed by atoms with van der Waals surface area (Å²) in [4.78, 5) is 6.35. The van der Waals surface area contributed by atoms with Crippen molar-refractivity contribution in [1.82, 2.24) is 0 Å². The van der Waals surface area contributed by atoms with Crippen molar-refractivity contribution in [1.29, 1.82) is 10.5 Å². The maximum Gasteiger partial charge on any atom is 2.00 e. The molecule has 0 bridgehead atoms. The van der Waals surface area contributed by atoms with Gasteiger partial charge in [0.05, 0.1) is 76.7 Å². The molecule has 5 nitrogen and oxygen atoms in total. The summed E-state index contributed by atoms with van der Waals surface area (Å²) in [6.45, 7) is 14.8. The third kappa shape index (κ3) is 26.4. The molecule has 0 saturated heterocycles. The van der Waals surface area contributed by atoms with Crippen molar-refractivity contribution in [2.75, 3.05) is 26.2 Å². The Morgan fingerprint density at radius 1 is 0.692 bits per heavy atom. The van der Waals surface area contributed by atoms with Crippen LogP contribution < -0.4 is 0 Å². The number of nitrogens with zero attached hydrogens (tertiary/aromatic N) is 5. The van der Waals surface area contributed by atoms with Crippen LogP contribution in [0.1, 0.15) is 53.4 Å². The zero-order valence-electron chi connectivity index (χ0n) is 16.2. The van der Waals surface area contributed by atoms with Gasteiger partial charge in [-0.2, -0.15) is 10.5 Å². The predicted molar refractivity (Wildman–Crippen MR) is 128 cm³/mol. The van der Waals surface area contributed by atoms with E-state index in [1.807, 2.05) is 0 Å². The van der Waals surface area contributed by atoms with Crippen LogP contribution in [-0.4, -0.2) is 39.4 Å². The average molecular weight is 486 g/mol. The van der Waals surface area contributed by atoms with Crippen LogP contribution in [-0.2, 0) is 67.3 Å². The van der Waals surface area contributed by atoms with Crippen LogP contribution in [0, 0.1) is 22.9 Å². The van der Waals surface area contributed by atoms with E-state index in [9.17, 15) is 0 Å². The summed E-state index contributed by atoms with van der Waals surface area (Å²) in [5.41, 5.74) is 0. The van der Waals surface area contributed by atoms with Gasteiger partial charge in [0.25, 0.3) is 0 Å². The Hall–Kier alpha value is 0.186. The van der Waals surface area contributed by atoms with Crippen molar-refractivity contribution < 1.29 is 21.3 Å². The Balaban J connectivity index is -0.000000157. The number of quaternary nitrogens is 1. The standard InChI is InChI=1S/C12H28N.2C2H2N2S2.Co/c1-5-9-13(10-6-2,11-7-3)12-8-4;2*3-1-4-2(5)6;/h5-12H2,1-4H3;2*(H2,4,5,6);/q+1;;;+2/p+4. The van der Waals surface area contributed by atoms with Crippen LogP contribution in [0.3, 0.4) is 0 Å². The number of aliphatic imine (C=N–C) groups is 2. The molecule has 0 N–H and O–H groups in total. The van der Waals surface area contributed by atoms with Crippen LogP contribution in [0.2, 0.25) is 0 Å². The molecule has 0 aliphatic heterocycles. The fraction of sp³-hybridized carbons (Fsp3) is 0.750. The smallest absolute Gasteiger partial charge is 0.324 e. The van der Waals surface area contributed by atoms with Gasteiger partial charge in [0.1, 0.15) is 0 Å². The van der Waals surface area contributed by atoms with E-state index in [2.05, 4.69) is 88.2 Å². The molecule has 0 heterocycles. The Morgan fingerprint density at radius 2 is 0.923 bits per heavy atom. The van der Waals surface area contributed by atoms with Crippen LogP contribution in [0.15, 0.2) is 9.98 Å². The van der Waals surface area contributed by atoms with Crippen molar-refractivity contribution in [3.05, 3.63) is 0 Å². The maximum atomic E-state index is 7.74. The van der Waals surface area contributed by atoms with E-state index in [1.54, 1.807) is 12.4 Å². The van der Waals surface area contributed by atoms with Gasteiger partial charge in [0.15, 0.2) is 0 Å². The number of hydrogen-bond donors (Lipinski definition) is 0. The SMILES string of the molecule is CCC[N+](CCC)(CCC)CCC.N#CN=C([SH2+])[SH2+].N#CN=C([SH2+])[SH2+].[Co+2]. The second kappa shape index (κ2) is 25.2. The summed E-state index contributed by atoms with van der Waals surface area (Å²) >= 11 is 11.7. The van der Waals surface area contributed by atoms with E-state index in [1.165, 1.54) is 56.3 Å². The minimum Gasteiger partial charge on any atom is -0.324 e. The number of nitriles is 2. The summed E-state index contributed by atoms with van der Waals surface area (Å²) in [5.74, 6) is 0. The molecule has 0 spiro atoms. The molecule has 0 aliphatic rings. The van der Waals surface area contributed by atoms with Gasteiger partial charge in [-0.15, -0.1) is 0 Å². The van der Waals surface area contributed by atoms with Gasteiger partial charge < -0.3 is 4.48 Å². The first-order chi connectivity index (χ1) is 11.8. The molecule has 1 radical (unpaired) electrons. The maximum absolute atomic E-state index is 7.74. The monoisotopic (exact) mass is 485 g/mol. The number of hydrogen-bond acceptors (Lipinski definition) is 4. The molecule has 0 aliphatic carbocycles. The molecule has 0 fully saturated rings. The molecule has 0 saturated carbocycles. The van der Waals surface area contributed by atoms with E-state index >= 15 is 0 Å². The Labute approximate surface area is 192 Å². The average Bonchev–Trinajstić information content (AvgIpc) is 2.49. The third-order valence-corrected chi connectivity index (χ3v) is 3.56. The van der Waals surface area contributed by atoms with Gasteiger partial charge in [0, 0.05) is 0 Å². The van der Waals surface area contributed by atoms with Crippen molar-refractivity contribution in [2.45, 2.75) is 53.4 Å². The Kier molecular flexibility index (Phi) is 32.7. The zero-order chi connectivity index (χ0) is 20.1. The van der Waals surface area contributed by atoms with Gasteiger partial charge in [-0.3, -0.25) is 0 Å². The summed E-state index contributed by atoms with van der Waals surface area (Å²) < 4.78 is 2.20. The molecule has 0 aromatic rings. The van der Waals surface area contributed by atoms with Crippen molar-refractivity contribution in [3.63, 3.8) is 0 Å². The predicted octanol–water partition coefficient (Wildman–Crippen LogP) is 1.13. The van der Waals surface area contributed by atoms with Crippen molar-refractivity contribution in [2.24, 2.45) is 9.98 Å². The summed E-state index contributed by atoms with van der Waals surface area (Å²) in [5, 5.41) is 15.5. The minimum atomic E-state index is 0. The van der Waals surface area contributed by atoms with Crippen LogP contribution in [0.5, 0.6) is 0 Å². The van der Waals surface area contributed by atoms with Crippen molar-refractivity contribution in [3.8, 4) is 12.4 Å². The van der Waals surface area contributed by atoms with Crippen molar-refractivity contribution >= 4 is 59.3 Å². The molecule has 0 rings (SSSR count). The molecule has 0 aromatic carbocycles. The quantitative estimate of drug-likeness (QED) is 0.170. The van der Waals surface area contributed by atoms with Crippen LogP contribution in [0.25, 0.3) is 0 Å². The first kappa shape index (κ1) is 33.7. The van der Waals surface area contributed by atoms with Gasteiger partial charge in [0.2, 0.25) is 12.4 Å². The summed E-state index contributed by atoms with van der Waals surface area (Å²) in [6, 6.07) is 0. The topological polar surface area (TPSA) is 72.3 Å². The fourth-order valence-corrected chi connectivity index (χ4v) is 2.87. The number of rotatable bonds is 8. The van der Waals surface area contributed by atoms with Crippen LogP contribution in [0.4, 0.5) is 0 Å². The summed E-state index contributed by atoms with van der Waals surface area (Å²) in [6.07, 6.45) is 8.45. The normalized spacial score (nSPS) is 8.85. The summed E-state index contributed by atoms with van der Waals surface area (Å²) in [7, 11) is 0.